The highest BCUT2D eigenvalue weighted by molar-refractivity contribution is 5.59. The van der Waals surface area contributed by atoms with Gasteiger partial charge in [0.15, 0.2) is 0 Å². The molecule has 96 valence electrons. The minimum Gasteiger partial charge on any atom is -0.495 e. The molecule has 3 heteroatoms. The molecule has 0 radical (unpaired) electrons. The molecule has 1 N–H and O–H groups in total. The summed E-state index contributed by atoms with van der Waals surface area (Å²) >= 11 is 0. The molecular formula is C14H24N2O. The van der Waals surface area contributed by atoms with Crippen LogP contribution in [0.4, 0.5) is 5.69 Å². The van der Waals surface area contributed by atoms with Gasteiger partial charge in [-0.1, -0.05) is 6.07 Å². The maximum atomic E-state index is 5.41. The number of anilines is 1. The minimum absolute atomic E-state index is 0.0729. The van der Waals surface area contributed by atoms with Gasteiger partial charge in [-0.15, -0.1) is 0 Å². The highest BCUT2D eigenvalue weighted by atomic mass is 16.5. The van der Waals surface area contributed by atoms with Gasteiger partial charge in [0.2, 0.25) is 0 Å². The second-order valence-corrected chi connectivity index (χ2v) is 5.17. The fourth-order valence-electron chi connectivity index (χ4n) is 1.86. The van der Waals surface area contributed by atoms with Crippen molar-refractivity contribution in [3.05, 3.63) is 23.8 Å². The summed E-state index contributed by atoms with van der Waals surface area (Å²) in [6.45, 7) is 7.39. The van der Waals surface area contributed by atoms with Crippen LogP contribution in [0.25, 0.3) is 0 Å². The summed E-state index contributed by atoms with van der Waals surface area (Å²) in [6, 6.07) is 6.25. The summed E-state index contributed by atoms with van der Waals surface area (Å²) in [7, 11) is 5.79. The van der Waals surface area contributed by atoms with E-state index in [1.54, 1.807) is 7.11 Å². The van der Waals surface area contributed by atoms with Crippen molar-refractivity contribution in [2.45, 2.75) is 26.3 Å². The summed E-state index contributed by atoms with van der Waals surface area (Å²) in [6.07, 6.45) is 0. The van der Waals surface area contributed by atoms with Crippen molar-refractivity contribution in [3.63, 3.8) is 0 Å². The number of nitrogens with zero attached hydrogens (tertiary/aromatic N) is 1. The van der Waals surface area contributed by atoms with E-state index in [-0.39, 0.29) is 5.54 Å². The number of benzene rings is 1. The Morgan fingerprint density at radius 2 is 2.00 bits per heavy atom. The van der Waals surface area contributed by atoms with Gasteiger partial charge in [0, 0.05) is 19.1 Å². The number of nitrogens with one attached hydrogen (secondary N) is 1. The number of hydrogen-bond acceptors (Lipinski definition) is 3. The Balaban J connectivity index is 2.95. The maximum absolute atomic E-state index is 5.41. The predicted molar refractivity (Wildman–Crippen MR) is 74.1 cm³/mol. The minimum atomic E-state index is 0.0729. The summed E-state index contributed by atoms with van der Waals surface area (Å²) in [4.78, 5) is 2.22. The Morgan fingerprint density at radius 3 is 2.53 bits per heavy atom. The molecule has 1 rings (SSSR count). The van der Waals surface area contributed by atoms with Gasteiger partial charge in [0.25, 0.3) is 0 Å². The molecule has 0 saturated carbocycles. The largest absolute Gasteiger partial charge is 0.495 e. The van der Waals surface area contributed by atoms with E-state index in [9.17, 15) is 0 Å². The van der Waals surface area contributed by atoms with E-state index < -0.39 is 0 Å². The number of ether oxygens (including phenoxy) is 1. The quantitative estimate of drug-likeness (QED) is 0.850. The van der Waals surface area contributed by atoms with Crippen molar-refractivity contribution < 1.29 is 4.74 Å². The van der Waals surface area contributed by atoms with Gasteiger partial charge in [-0.3, -0.25) is 0 Å². The molecule has 0 amide bonds. The van der Waals surface area contributed by atoms with Crippen LogP contribution in [-0.2, 0) is 0 Å². The van der Waals surface area contributed by atoms with E-state index in [1.165, 1.54) is 5.56 Å². The first-order chi connectivity index (χ1) is 7.89. The molecule has 0 aliphatic rings. The second-order valence-electron chi connectivity index (χ2n) is 5.17. The van der Waals surface area contributed by atoms with Gasteiger partial charge in [-0.25, -0.2) is 0 Å². The Bertz CT molecular complexity index is 374. The third-order valence-corrected chi connectivity index (χ3v) is 3.05. The molecule has 0 spiro atoms. The van der Waals surface area contributed by atoms with Gasteiger partial charge in [-0.05, 0) is 45.5 Å². The lowest BCUT2D eigenvalue weighted by Crippen LogP contribution is -2.46. The molecule has 0 saturated heterocycles. The number of rotatable bonds is 5. The van der Waals surface area contributed by atoms with Crippen molar-refractivity contribution in [3.8, 4) is 5.75 Å². The summed E-state index contributed by atoms with van der Waals surface area (Å²) < 4.78 is 5.41. The Hall–Kier alpha value is -1.22. The molecular weight excluding hydrogens is 212 g/mol. The molecule has 17 heavy (non-hydrogen) atoms. The van der Waals surface area contributed by atoms with Gasteiger partial charge < -0.3 is 15.0 Å². The molecule has 3 nitrogen and oxygen atoms in total. The van der Waals surface area contributed by atoms with E-state index in [0.717, 1.165) is 18.0 Å². The normalized spacial score (nSPS) is 11.4. The number of methoxy groups -OCH3 is 1. The Labute approximate surface area is 105 Å². The third-order valence-electron chi connectivity index (χ3n) is 3.05. The number of likely N-dealkylation sites (N-methyl/N-ethyl adjacent to an activating group) is 2. The fourth-order valence-corrected chi connectivity index (χ4v) is 1.86. The van der Waals surface area contributed by atoms with Crippen molar-refractivity contribution in [2.75, 3.05) is 32.6 Å². The molecule has 0 atom stereocenters. The van der Waals surface area contributed by atoms with Crippen LogP contribution in [-0.4, -0.2) is 33.3 Å². The zero-order valence-corrected chi connectivity index (χ0v) is 11.8. The predicted octanol–water partition coefficient (Wildman–Crippen LogP) is 2.44. The summed E-state index contributed by atoms with van der Waals surface area (Å²) in [5, 5.41) is 3.31. The highest BCUT2D eigenvalue weighted by Gasteiger charge is 2.19. The molecule has 0 unspecified atom stereocenters. The average molecular weight is 236 g/mol. The van der Waals surface area contributed by atoms with Crippen molar-refractivity contribution in [1.82, 2.24) is 5.32 Å². The van der Waals surface area contributed by atoms with Crippen LogP contribution in [0, 0.1) is 6.92 Å². The van der Waals surface area contributed by atoms with Crippen molar-refractivity contribution >= 4 is 5.69 Å². The number of aryl methyl sites for hydroxylation is 1. The van der Waals surface area contributed by atoms with Crippen molar-refractivity contribution in [2.24, 2.45) is 0 Å². The second kappa shape index (κ2) is 5.41. The maximum Gasteiger partial charge on any atom is 0.142 e. The van der Waals surface area contributed by atoms with Crippen LogP contribution in [0.3, 0.4) is 0 Å². The third kappa shape index (κ3) is 3.63. The lowest BCUT2D eigenvalue weighted by Gasteiger charge is -2.32. The van der Waals surface area contributed by atoms with E-state index in [4.69, 9.17) is 4.74 Å². The van der Waals surface area contributed by atoms with E-state index in [1.807, 2.05) is 13.1 Å². The van der Waals surface area contributed by atoms with Gasteiger partial charge in [-0.2, -0.15) is 0 Å². The zero-order chi connectivity index (χ0) is 13.1. The van der Waals surface area contributed by atoms with Crippen LogP contribution >= 0.6 is 0 Å². The Morgan fingerprint density at radius 1 is 1.35 bits per heavy atom. The zero-order valence-electron chi connectivity index (χ0n) is 11.8. The molecule has 1 aromatic rings. The van der Waals surface area contributed by atoms with Crippen LogP contribution in [0.1, 0.15) is 19.4 Å². The van der Waals surface area contributed by atoms with Crippen LogP contribution in [0.15, 0.2) is 18.2 Å². The van der Waals surface area contributed by atoms with Crippen LogP contribution in [0.2, 0.25) is 0 Å². The van der Waals surface area contributed by atoms with E-state index >= 15 is 0 Å². The monoisotopic (exact) mass is 236 g/mol. The average Bonchev–Trinajstić information content (AvgIpc) is 2.28. The molecule has 0 fully saturated rings. The van der Waals surface area contributed by atoms with Crippen LogP contribution in [0.5, 0.6) is 5.75 Å². The molecule has 0 heterocycles. The smallest absolute Gasteiger partial charge is 0.142 e. The molecule has 0 aliphatic heterocycles. The van der Waals surface area contributed by atoms with Gasteiger partial charge in [0.1, 0.15) is 5.75 Å². The molecule has 1 aromatic carbocycles. The van der Waals surface area contributed by atoms with Gasteiger partial charge in [0.05, 0.1) is 12.8 Å². The van der Waals surface area contributed by atoms with E-state index in [0.29, 0.717) is 0 Å². The van der Waals surface area contributed by atoms with Gasteiger partial charge >= 0.3 is 0 Å². The number of hydrogen-bond donors (Lipinski definition) is 1. The topological polar surface area (TPSA) is 24.5 Å². The molecule has 0 bridgehead atoms. The summed E-state index contributed by atoms with van der Waals surface area (Å²) in [5.41, 5.74) is 2.45. The molecule has 0 aromatic heterocycles. The first-order valence-electron chi connectivity index (χ1n) is 5.94. The molecule has 0 aliphatic carbocycles. The SMILES string of the molecule is CNC(C)(C)CN(C)c1cc(C)ccc1OC. The highest BCUT2D eigenvalue weighted by Crippen LogP contribution is 2.29. The van der Waals surface area contributed by atoms with Crippen molar-refractivity contribution in [1.29, 1.82) is 0 Å². The summed E-state index contributed by atoms with van der Waals surface area (Å²) in [5.74, 6) is 0.921. The van der Waals surface area contributed by atoms with Crippen LogP contribution < -0.4 is 15.0 Å². The standard InChI is InChI=1S/C14H24N2O/c1-11-7-8-13(17-6)12(9-11)16(5)10-14(2,3)15-4/h7-9,15H,10H2,1-6H3. The van der Waals surface area contributed by atoms with E-state index in [2.05, 4.69) is 50.2 Å². The first kappa shape index (κ1) is 13.8. The lowest BCUT2D eigenvalue weighted by molar-refractivity contribution is 0.406. The Kier molecular flexibility index (Phi) is 4.40. The fraction of sp³-hybridized carbons (Fsp3) is 0.571. The first-order valence-corrected chi connectivity index (χ1v) is 5.94. The lowest BCUT2D eigenvalue weighted by atomic mass is 10.0.